The maximum absolute atomic E-state index is 12.2. The molecular weight excluding hydrogens is 336 g/mol. The Balaban J connectivity index is 1.83. The van der Waals surface area contributed by atoms with E-state index in [1.54, 1.807) is 24.3 Å². The van der Waals surface area contributed by atoms with Gasteiger partial charge in [-0.25, -0.2) is 13.4 Å². The van der Waals surface area contributed by atoms with E-state index in [1.807, 2.05) is 51.1 Å². The third kappa shape index (κ3) is 4.28. The highest BCUT2D eigenvalue weighted by Gasteiger charge is 2.21. The van der Waals surface area contributed by atoms with Crippen LogP contribution in [-0.4, -0.2) is 13.4 Å². The number of hydrogen-bond donors (Lipinski definition) is 1. The van der Waals surface area contributed by atoms with Gasteiger partial charge in [0.25, 0.3) is 10.0 Å². The predicted molar refractivity (Wildman–Crippen MR) is 101 cm³/mol. The summed E-state index contributed by atoms with van der Waals surface area (Å²) in [5.74, 6) is 0.617. The first-order valence-corrected chi connectivity index (χ1v) is 9.45. The fourth-order valence-electron chi connectivity index (χ4n) is 2.24. The Hall–Kier alpha value is -2.60. The summed E-state index contributed by atoms with van der Waals surface area (Å²) >= 11 is 0. The van der Waals surface area contributed by atoms with Gasteiger partial charge in [0, 0.05) is 5.41 Å². The van der Waals surface area contributed by atoms with E-state index >= 15 is 0 Å². The molecular formula is C19H20N2O3S. The Morgan fingerprint density at radius 2 is 1.80 bits per heavy atom. The highest BCUT2D eigenvalue weighted by Crippen LogP contribution is 2.27. The van der Waals surface area contributed by atoms with Crippen LogP contribution in [0.15, 0.2) is 58.4 Å². The lowest BCUT2D eigenvalue weighted by Crippen LogP contribution is -2.11. The fraction of sp³-hybridized carbons (Fsp3) is 0.211. The molecule has 25 heavy (non-hydrogen) atoms. The van der Waals surface area contributed by atoms with Gasteiger partial charge < -0.3 is 4.42 Å². The number of aromatic nitrogens is 1. The fourth-order valence-corrected chi connectivity index (χ4v) is 3.10. The molecule has 0 bridgehead atoms. The second kappa shape index (κ2) is 6.37. The van der Waals surface area contributed by atoms with E-state index in [9.17, 15) is 8.42 Å². The SMILES string of the molecule is CC(C)(C)c1nc2cc(NS(=O)(=O)/C=C/c3ccccc3)ccc2o1. The third-order valence-corrected chi connectivity index (χ3v) is 4.54. The lowest BCUT2D eigenvalue weighted by molar-refractivity contribution is 0.411. The Bertz CT molecular complexity index is 1010. The maximum atomic E-state index is 12.2. The average molecular weight is 356 g/mol. The van der Waals surface area contributed by atoms with Crippen molar-refractivity contribution in [3.8, 4) is 0 Å². The molecule has 1 aromatic heterocycles. The first kappa shape index (κ1) is 17.2. The number of rotatable bonds is 4. The molecule has 5 nitrogen and oxygen atoms in total. The number of fused-ring (bicyclic) bond motifs is 1. The van der Waals surface area contributed by atoms with Crippen molar-refractivity contribution in [1.82, 2.24) is 4.98 Å². The molecule has 3 rings (SSSR count). The molecule has 130 valence electrons. The number of benzene rings is 2. The van der Waals surface area contributed by atoms with Gasteiger partial charge in [-0.05, 0) is 29.8 Å². The van der Waals surface area contributed by atoms with E-state index in [1.165, 1.54) is 0 Å². The van der Waals surface area contributed by atoms with E-state index < -0.39 is 10.0 Å². The Labute approximate surface area is 147 Å². The van der Waals surface area contributed by atoms with Crippen molar-refractivity contribution in [2.45, 2.75) is 26.2 Å². The largest absolute Gasteiger partial charge is 0.440 e. The van der Waals surface area contributed by atoms with Crippen LogP contribution in [-0.2, 0) is 15.4 Å². The summed E-state index contributed by atoms with van der Waals surface area (Å²) in [4.78, 5) is 4.45. The van der Waals surface area contributed by atoms with E-state index in [0.29, 0.717) is 22.7 Å². The standard InChI is InChI=1S/C19H20N2O3S/c1-19(2,3)18-20-16-13-15(9-10-17(16)24-18)21-25(22,23)12-11-14-7-5-4-6-8-14/h4-13,21H,1-3H3/b12-11+. The second-order valence-corrected chi connectivity index (χ2v) is 8.38. The molecule has 2 aromatic carbocycles. The molecule has 1 N–H and O–H groups in total. The smallest absolute Gasteiger partial charge is 0.255 e. The van der Waals surface area contributed by atoms with Crippen molar-refractivity contribution in [3.63, 3.8) is 0 Å². The topological polar surface area (TPSA) is 72.2 Å². The van der Waals surface area contributed by atoms with E-state index in [0.717, 1.165) is 11.0 Å². The monoisotopic (exact) mass is 356 g/mol. The van der Waals surface area contributed by atoms with E-state index in [4.69, 9.17) is 4.42 Å². The van der Waals surface area contributed by atoms with Crippen LogP contribution in [0.1, 0.15) is 32.2 Å². The van der Waals surface area contributed by atoms with Crippen LogP contribution in [0.3, 0.4) is 0 Å². The van der Waals surface area contributed by atoms with Crippen molar-refractivity contribution in [3.05, 3.63) is 65.4 Å². The molecule has 3 aromatic rings. The highest BCUT2D eigenvalue weighted by atomic mass is 32.2. The van der Waals surface area contributed by atoms with Gasteiger partial charge >= 0.3 is 0 Å². The molecule has 0 aliphatic carbocycles. The molecule has 0 aliphatic heterocycles. The van der Waals surface area contributed by atoms with Crippen molar-refractivity contribution < 1.29 is 12.8 Å². The summed E-state index contributed by atoms with van der Waals surface area (Å²) in [6.07, 6.45) is 1.55. The van der Waals surface area contributed by atoms with Gasteiger partial charge in [-0.1, -0.05) is 51.1 Å². The number of hydrogen-bond acceptors (Lipinski definition) is 4. The first-order chi connectivity index (χ1) is 11.7. The molecule has 0 atom stereocenters. The number of sulfonamides is 1. The Morgan fingerprint density at radius 1 is 1.08 bits per heavy atom. The molecule has 0 aliphatic rings. The quantitative estimate of drug-likeness (QED) is 0.745. The van der Waals surface area contributed by atoms with Gasteiger partial charge in [-0.2, -0.15) is 0 Å². The van der Waals surface area contributed by atoms with Gasteiger partial charge in [0.1, 0.15) is 5.52 Å². The maximum Gasteiger partial charge on any atom is 0.255 e. The van der Waals surface area contributed by atoms with Gasteiger partial charge in [-0.15, -0.1) is 0 Å². The predicted octanol–water partition coefficient (Wildman–Crippen LogP) is 4.54. The second-order valence-electron chi connectivity index (χ2n) is 6.81. The lowest BCUT2D eigenvalue weighted by Gasteiger charge is -2.11. The van der Waals surface area contributed by atoms with Crippen molar-refractivity contribution in [1.29, 1.82) is 0 Å². The van der Waals surface area contributed by atoms with Crippen LogP contribution >= 0.6 is 0 Å². The zero-order valence-electron chi connectivity index (χ0n) is 14.4. The number of anilines is 1. The zero-order chi connectivity index (χ0) is 18.1. The molecule has 0 amide bonds. The number of nitrogens with one attached hydrogen (secondary N) is 1. The molecule has 0 saturated heterocycles. The van der Waals surface area contributed by atoms with Crippen LogP contribution in [0.4, 0.5) is 5.69 Å². The van der Waals surface area contributed by atoms with Crippen LogP contribution in [0, 0.1) is 0 Å². The molecule has 1 heterocycles. The summed E-state index contributed by atoms with van der Waals surface area (Å²) in [5.41, 5.74) is 2.30. The molecule has 6 heteroatoms. The van der Waals surface area contributed by atoms with Crippen molar-refractivity contribution >= 4 is 32.9 Å². The normalized spacial score (nSPS) is 12.8. The van der Waals surface area contributed by atoms with E-state index in [2.05, 4.69) is 9.71 Å². The average Bonchev–Trinajstić information content (AvgIpc) is 2.97. The molecule has 0 spiro atoms. The Morgan fingerprint density at radius 3 is 2.48 bits per heavy atom. The van der Waals surface area contributed by atoms with Gasteiger partial charge in [0.2, 0.25) is 5.89 Å². The molecule has 0 saturated carbocycles. The lowest BCUT2D eigenvalue weighted by atomic mass is 9.97. The first-order valence-electron chi connectivity index (χ1n) is 7.90. The summed E-state index contributed by atoms with van der Waals surface area (Å²) in [5, 5.41) is 1.15. The summed E-state index contributed by atoms with van der Waals surface area (Å²) in [7, 11) is -3.61. The van der Waals surface area contributed by atoms with Gasteiger partial charge in [0.15, 0.2) is 5.58 Å². The van der Waals surface area contributed by atoms with Crippen LogP contribution in [0.5, 0.6) is 0 Å². The van der Waals surface area contributed by atoms with Crippen LogP contribution in [0.2, 0.25) is 0 Å². The molecule has 0 radical (unpaired) electrons. The minimum atomic E-state index is -3.61. The summed E-state index contributed by atoms with van der Waals surface area (Å²) in [6.45, 7) is 6.03. The van der Waals surface area contributed by atoms with Crippen molar-refractivity contribution in [2.75, 3.05) is 4.72 Å². The zero-order valence-corrected chi connectivity index (χ0v) is 15.2. The third-order valence-electron chi connectivity index (χ3n) is 3.53. The highest BCUT2D eigenvalue weighted by molar-refractivity contribution is 7.95. The van der Waals surface area contributed by atoms with Crippen LogP contribution < -0.4 is 4.72 Å². The van der Waals surface area contributed by atoms with Gasteiger partial charge in [-0.3, -0.25) is 4.72 Å². The van der Waals surface area contributed by atoms with Crippen molar-refractivity contribution in [2.24, 2.45) is 0 Å². The van der Waals surface area contributed by atoms with E-state index in [-0.39, 0.29) is 5.41 Å². The number of nitrogens with zero attached hydrogens (tertiary/aromatic N) is 1. The molecule has 0 fully saturated rings. The Kier molecular flexibility index (Phi) is 4.39. The number of oxazole rings is 1. The van der Waals surface area contributed by atoms with Crippen LogP contribution in [0.25, 0.3) is 17.2 Å². The summed E-state index contributed by atoms with van der Waals surface area (Å²) < 4.78 is 32.7. The molecule has 0 unspecified atom stereocenters. The summed E-state index contributed by atoms with van der Waals surface area (Å²) in [6, 6.07) is 14.3. The minimum Gasteiger partial charge on any atom is -0.440 e. The minimum absolute atomic E-state index is 0.211. The van der Waals surface area contributed by atoms with Gasteiger partial charge in [0.05, 0.1) is 11.1 Å².